The number of piperazine rings is 1. The first-order chi connectivity index (χ1) is 7.29. The van der Waals surface area contributed by atoms with Crippen molar-refractivity contribution in [1.82, 2.24) is 9.80 Å². The highest BCUT2D eigenvalue weighted by molar-refractivity contribution is 6.19. The maximum absolute atomic E-state index is 5.77. The zero-order valence-electron chi connectivity index (χ0n) is 9.42. The van der Waals surface area contributed by atoms with Crippen LogP contribution in [0.5, 0.6) is 0 Å². The molecule has 15 heavy (non-hydrogen) atoms. The highest BCUT2D eigenvalue weighted by Gasteiger charge is 2.28. The molecule has 0 spiro atoms. The molecule has 0 aromatic heterocycles. The molecule has 0 aromatic carbocycles. The smallest absolute Gasteiger partial charge is 0.0443 e. The van der Waals surface area contributed by atoms with Crippen molar-refractivity contribution >= 4 is 11.6 Å². The lowest BCUT2D eigenvalue weighted by molar-refractivity contribution is 0.0541. The molecular formula is C12H21ClN2. The number of hydrogen-bond donors (Lipinski definition) is 0. The minimum Gasteiger partial charge on any atom is -0.298 e. The van der Waals surface area contributed by atoms with Crippen molar-refractivity contribution < 1.29 is 0 Å². The molecule has 2 heterocycles. The van der Waals surface area contributed by atoms with Crippen LogP contribution in [0.2, 0.25) is 0 Å². The van der Waals surface area contributed by atoms with Crippen LogP contribution in [0.3, 0.4) is 0 Å². The van der Waals surface area contributed by atoms with Crippen molar-refractivity contribution in [3.63, 3.8) is 0 Å². The average molecular weight is 229 g/mol. The molecule has 0 bridgehead atoms. The minimum atomic E-state index is 0.602. The first kappa shape index (κ1) is 11.4. The van der Waals surface area contributed by atoms with Crippen molar-refractivity contribution in [3.05, 3.63) is 12.2 Å². The third-order valence-corrected chi connectivity index (χ3v) is 3.94. The Hall–Kier alpha value is -0.0500. The number of halogens is 1. The van der Waals surface area contributed by atoms with Gasteiger partial charge in [-0.2, -0.15) is 0 Å². The summed E-state index contributed by atoms with van der Waals surface area (Å²) in [5.74, 6) is 0.602. The standard InChI is InChI=1S/C12H21ClN2/c1-11(8-13)9-14-6-7-15-5-3-2-4-12(15)10-14/h12H,1-10H2. The van der Waals surface area contributed by atoms with Gasteiger partial charge in [-0.05, 0) is 25.0 Å². The lowest BCUT2D eigenvalue weighted by Crippen LogP contribution is -2.55. The highest BCUT2D eigenvalue weighted by atomic mass is 35.5. The van der Waals surface area contributed by atoms with Gasteiger partial charge < -0.3 is 0 Å². The molecule has 0 aliphatic carbocycles. The van der Waals surface area contributed by atoms with Crippen molar-refractivity contribution in [3.8, 4) is 0 Å². The van der Waals surface area contributed by atoms with Crippen LogP contribution >= 0.6 is 11.6 Å². The van der Waals surface area contributed by atoms with E-state index in [9.17, 15) is 0 Å². The minimum absolute atomic E-state index is 0.602. The second-order valence-corrected chi connectivity index (χ2v) is 5.07. The number of hydrogen-bond acceptors (Lipinski definition) is 2. The fourth-order valence-corrected chi connectivity index (χ4v) is 2.81. The van der Waals surface area contributed by atoms with E-state index in [1.54, 1.807) is 0 Å². The molecule has 2 aliphatic rings. The van der Waals surface area contributed by atoms with Gasteiger partial charge in [-0.1, -0.05) is 13.0 Å². The van der Waals surface area contributed by atoms with Crippen LogP contribution in [-0.4, -0.2) is 54.4 Å². The molecule has 86 valence electrons. The third kappa shape index (κ3) is 2.96. The first-order valence-electron chi connectivity index (χ1n) is 5.98. The number of piperidine rings is 1. The van der Waals surface area contributed by atoms with Gasteiger partial charge in [0.15, 0.2) is 0 Å². The maximum atomic E-state index is 5.77. The molecule has 2 rings (SSSR count). The summed E-state index contributed by atoms with van der Waals surface area (Å²) in [6, 6.07) is 0.802. The molecule has 2 nitrogen and oxygen atoms in total. The Bertz CT molecular complexity index is 230. The Morgan fingerprint density at radius 1 is 1.27 bits per heavy atom. The number of rotatable bonds is 3. The van der Waals surface area contributed by atoms with E-state index < -0.39 is 0 Å². The molecule has 0 saturated carbocycles. The van der Waals surface area contributed by atoms with Gasteiger partial charge in [-0.15, -0.1) is 11.6 Å². The first-order valence-corrected chi connectivity index (χ1v) is 6.52. The van der Waals surface area contributed by atoms with E-state index >= 15 is 0 Å². The molecule has 2 saturated heterocycles. The van der Waals surface area contributed by atoms with Crippen molar-refractivity contribution in [2.45, 2.75) is 25.3 Å². The van der Waals surface area contributed by atoms with E-state index in [0.717, 1.165) is 18.2 Å². The quantitative estimate of drug-likeness (QED) is 0.538. The number of nitrogens with zero attached hydrogens (tertiary/aromatic N) is 2. The van der Waals surface area contributed by atoms with E-state index in [-0.39, 0.29) is 0 Å². The van der Waals surface area contributed by atoms with Gasteiger partial charge in [0, 0.05) is 38.1 Å². The second kappa shape index (κ2) is 5.33. The molecule has 0 radical (unpaired) electrons. The third-order valence-electron chi connectivity index (χ3n) is 3.56. The largest absolute Gasteiger partial charge is 0.298 e. The molecule has 2 fully saturated rings. The number of fused-ring (bicyclic) bond motifs is 1. The van der Waals surface area contributed by atoms with Gasteiger partial charge in [0.25, 0.3) is 0 Å². The Kier molecular flexibility index (Phi) is 4.06. The van der Waals surface area contributed by atoms with E-state index in [4.69, 9.17) is 11.6 Å². The van der Waals surface area contributed by atoms with Gasteiger partial charge >= 0.3 is 0 Å². The molecule has 0 amide bonds. The molecule has 1 unspecified atom stereocenters. The van der Waals surface area contributed by atoms with Crippen LogP contribution in [0.1, 0.15) is 19.3 Å². The van der Waals surface area contributed by atoms with E-state index in [1.807, 2.05) is 0 Å². The summed E-state index contributed by atoms with van der Waals surface area (Å²) in [5, 5.41) is 0. The summed E-state index contributed by atoms with van der Waals surface area (Å²) in [6.45, 7) is 9.93. The van der Waals surface area contributed by atoms with Gasteiger partial charge in [-0.25, -0.2) is 0 Å². The van der Waals surface area contributed by atoms with Crippen LogP contribution in [0, 0.1) is 0 Å². The summed E-state index contributed by atoms with van der Waals surface area (Å²) in [7, 11) is 0. The Morgan fingerprint density at radius 3 is 2.93 bits per heavy atom. The topological polar surface area (TPSA) is 6.48 Å². The Labute approximate surface area is 97.9 Å². The Morgan fingerprint density at radius 2 is 2.13 bits per heavy atom. The summed E-state index contributed by atoms with van der Waals surface area (Å²) < 4.78 is 0. The molecule has 3 heteroatoms. The van der Waals surface area contributed by atoms with E-state index in [2.05, 4.69) is 16.4 Å². The number of alkyl halides is 1. The maximum Gasteiger partial charge on any atom is 0.0443 e. The monoisotopic (exact) mass is 228 g/mol. The zero-order valence-corrected chi connectivity index (χ0v) is 10.2. The fraction of sp³-hybridized carbons (Fsp3) is 0.833. The summed E-state index contributed by atoms with van der Waals surface area (Å²) in [4.78, 5) is 5.17. The van der Waals surface area contributed by atoms with Gasteiger partial charge in [0.2, 0.25) is 0 Å². The summed E-state index contributed by atoms with van der Waals surface area (Å²) in [5.41, 5.74) is 1.15. The molecule has 1 atom stereocenters. The summed E-state index contributed by atoms with van der Waals surface area (Å²) in [6.07, 6.45) is 4.18. The fourth-order valence-electron chi connectivity index (χ4n) is 2.72. The van der Waals surface area contributed by atoms with Crippen LogP contribution in [-0.2, 0) is 0 Å². The van der Waals surface area contributed by atoms with E-state index in [0.29, 0.717) is 5.88 Å². The predicted molar refractivity (Wildman–Crippen MR) is 65.5 cm³/mol. The average Bonchev–Trinajstić information content (AvgIpc) is 2.29. The molecule has 0 N–H and O–H groups in total. The van der Waals surface area contributed by atoms with Gasteiger partial charge in [0.05, 0.1) is 0 Å². The van der Waals surface area contributed by atoms with E-state index in [1.165, 1.54) is 45.4 Å². The SMILES string of the molecule is C=C(CCl)CN1CCN2CCCCC2C1. The van der Waals surface area contributed by atoms with Crippen molar-refractivity contribution in [2.75, 3.05) is 38.6 Å². The second-order valence-electron chi connectivity index (χ2n) is 4.80. The summed E-state index contributed by atoms with van der Waals surface area (Å²) >= 11 is 5.77. The van der Waals surface area contributed by atoms with Crippen molar-refractivity contribution in [2.24, 2.45) is 0 Å². The van der Waals surface area contributed by atoms with Crippen LogP contribution < -0.4 is 0 Å². The molecular weight excluding hydrogens is 208 g/mol. The molecule has 2 aliphatic heterocycles. The van der Waals surface area contributed by atoms with Gasteiger partial charge in [-0.3, -0.25) is 9.80 Å². The van der Waals surface area contributed by atoms with Gasteiger partial charge in [0.1, 0.15) is 0 Å². The normalized spacial score (nSPS) is 28.7. The predicted octanol–water partition coefficient (Wildman–Crippen LogP) is 1.95. The van der Waals surface area contributed by atoms with Crippen LogP contribution in [0.4, 0.5) is 0 Å². The highest BCUT2D eigenvalue weighted by Crippen LogP contribution is 2.21. The molecule has 0 aromatic rings. The van der Waals surface area contributed by atoms with Crippen LogP contribution in [0.25, 0.3) is 0 Å². The van der Waals surface area contributed by atoms with Crippen molar-refractivity contribution in [1.29, 1.82) is 0 Å². The Balaban J connectivity index is 1.83. The zero-order chi connectivity index (χ0) is 10.7. The lowest BCUT2D eigenvalue weighted by Gasteiger charge is -2.44. The van der Waals surface area contributed by atoms with Crippen LogP contribution in [0.15, 0.2) is 12.2 Å². The lowest BCUT2D eigenvalue weighted by atomic mass is 9.99.